The van der Waals surface area contributed by atoms with Crippen LogP contribution in [0.5, 0.6) is 17.2 Å². The van der Waals surface area contributed by atoms with Gasteiger partial charge in [0.2, 0.25) is 11.7 Å². The fraction of sp³-hybridized carbons (Fsp3) is 0.364. The van der Waals surface area contributed by atoms with Crippen LogP contribution in [0, 0.1) is 0 Å². The molecule has 0 bridgehead atoms. The number of amides is 1. The van der Waals surface area contributed by atoms with Gasteiger partial charge in [-0.05, 0) is 41.9 Å². The van der Waals surface area contributed by atoms with Crippen molar-refractivity contribution < 1.29 is 28.5 Å². The molecule has 0 heterocycles. The third kappa shape index (κ3) is 3.37. The molecule has 1 unspecified atom stereocenters. The predicted octanol–water partition coefficient (Wildman–Crippen LogP) is 2.59. The Labute approximate surface area is 170 Å². The summed E-state index contributed by atoms with van der Waals surface area (Å²) in [5.74, 6) is 1.08. The summed E-state index contributed by atoms with van der Waals surface area (Å²) in [5.41, 5.74) is 2.79. The molecule has 0 saturated carbocycles. The summed E-state index contributed by atoms with van der Waals surface area (Å²) in [6.07, 6.45) is 5.19. The molecule has 0 saturated heterocycles. The number of carbonyl (C=O) groups excluding carboxylic acids is 2. The van der Waals surface area contributed by atoms with Crippen LogP contribution in [0.25, 0.3) is 5.57 Å². The Morgan fingerprint density at radius 3 is 2.34 bits per heavy atom. The normalized spacial score (nSPS) is 21.4. The van der Waals surface area contributed by atoms with E-state index in [1.54, 1.807) is 26.4 Å². The minimum atomic E-state index is -0.733. The Morgan fingerprint density at radius 2 is 1.79 bits per heavy atom. The van der Waals surface area contributed by atoms with Gasteiger partial charge in [0.05, 0.1) is 45.8 Å². The van der Waals surface area contributed by atoms with Crippen molar-refractivity contribution >= 4 is 17.3 Å². The topological polar surface area (TPSA) is 83.1 Å². The van der Waals surface area contributed by atoms with E-state index in [4.69, 9.17) is 18.9 Å². The van der Waals surface area contributed by atoms with E-state index in [2.05, 4.69) is 5.32 Å². The van der Waals surface area contributed by atoms with Gasteiger partial charge in [0.1, 0.15) is 0 Å². The molecule has 0 fully saturated rings. The van der Waals surface area contributed by atoms with Crippen LogP contribution in [-0.4, -0.2) is 45.7 Å². The van der Waals surface area contributed by atoms with Gasteiger partial charge in [-0.1, -0.05) is 0 Å². The number of allylic oxidation sites excluding steroid dienone is 3. The number of methoxy groups -OCH3 is 4. The molecule has 2 aliphatic rings. The lowest BCUT2D eigenvalue weighted by Crippen LogP contribution is -2.51. The lowest BCUT2D eigenvalue weighted by Gasteiger charge is -2.41. The van der Waals surface area contributed by atoms with E-state index in [0.717, 1.165) is 16.7 Å². The number of hydrogen-bond donors (Lipinski definition) is 1. The smallest absolute Gasteiger partial charge is 0.217 e. The number of nitrogens with one attached hydrogen (secondary N) is 1. The molecule has 1 aromatic rings. The molecule has 29 heavy (non-hydrogen) atoms. The number of hydrogen-bond acceptors (Lipinski definition) is 6. The summed E-state index contributed by atoms with van der Waals surface area (Å²) >= 11 is 0. The maximum atomic E-state index is 12.7. The van der Waals surface area contributed by atoms with Crippen molar-refractivity contribution in [2.45, 2.75) is 25.8 Å². The van der Waals surface area contributed by atoms with Gasteiger partial charge < -0.3 is 24.3 Å². The van der Waals surface area contributed by atoms with E-state index in [1.165, 1.54) is 27.4 Å². The zero-order valence-corrected chi connectivity index (χ0v) is 17.5. The molecule has 154 valence electrons. The molecular formula is C22H25NO6. The van der Waals surface area contributed by atoms with Crippen LogP contribution in [0.15, 0.2) is 35.6 Å². The van der Waals surface area contributed by atoms with Crippen LogP contribution >= 0.6 is 0 Å². The lowest BCUT2D eigenvalue weighted by molar-refractivity contribution is -0.120. The molecule has 7 nitrogen and oxygen atoms in total. The Hall–Kier alpha value is -3.22. The van der Waals surface area contributed by atoms with E-state index in [1.807, 2.05) is 13.0 Å². The monoisotopic (exact) mass is 399 g/mol. The average Bonchev–Trinajstić information content (AvgIpc) is 2.66. The van der Waals surface area contributed by atoms with E-state index >= 15 is 0 Å². The van der Waals surface area contributed by atoms with Crippen LogP contribution in [0.4, 0.5) is 0 Å². The van der Waals surface area contributed by atoms with Crippen molar-refractivity contribution in [2.75, 3.05) is 28.4 Å². The second-order valence-corrected chi connectivity index (χ2v) is 7.16. The summed E-state index contributed by atoms with van der Waals surface area (Å²) in [5, 5.41) is 3.04. The molecule has 3 rings (SSSR count). The maximum Gasteiger partial charge on any atom is 0.217 e. The number of ether oxygens (including phenoxy) is 4. The fourth-order valence-electron chi connectivity index (χ4n) is 4.10. The largest absolute Gasteiger partial charge is 0.504 e. The summed E-state index contributed by atoms with van der Waals surface area (Å²) < 4.78 is 21.7. The summed E-state index contributed by atoms with van der Waals surface area (Å²) in [6.45, 7) is 3.40. The molecule has 1 atom stereocenters. The summed E-state index contributed by atoms with van der Waals surface area (Å²) in [6, 6.07) is 1.86. The highest BCUT2D eigenvalue weighted by molar-refractivity contribution is 6.16. The standard InChI is InChI=1S/C22H25NO6/c1-12(24)23-22(2)10-13-8-18(27-4)20(28-5)21(29-6)19(13)15-9-17(25)14(11-26-3)7-16(15)22/h7-9,11H,10H2,1-6H3,(H,23,24)/b14-11+. The van der Waals surface area contributed by atoms with Gasteiger partial charge in [-0.2, -0.15) is 0 Å². The molecule has 7 heteroatoms. The highest BCUT2D eigenvalue weighted by Crippen LogP contribution is 2.52. The Morgan fingerprint density at radius 1 is 1.10 bits per heavy atom. The highest BCUT2D eigenvalue weighted by Gasteiger charge is 2.42. The van der Waals surface area contributed by atoms with Gasteiger partial charge in [0, 0.05) is 18.9 Å². The maximum absolute atomic E-state index is 12.7. The van der Waals surface area contributed by atoms with Gasteiger partial charge in [-0.25, -0.2) is 0 Å². The Balaban J connectivity index is 2.35. The molecule has 2 aliphatic carbocycles. The van der Waals surface area contributed by atoms with Gasteiger partial charge in [0.15, 0.2) is 17.3 Å². The molecule has 0 aromatic heterocycles. The quantitative estimate of drug-likeness (QED) is 0.605. The molecule has 0 aliphatic heterocycles. The van der Waals surface area contributed by atoms with Crippen molar-refractivity contribution in [3.8, 4) is 17.2 Å². The van der Waals surface area contributed by atoms with E-state index in [-0.39, 0.29) is 11.7 Å². The van der Waals surface area contributed by atoms with Crippen molar-refractivity contribution in [3.63, 3.8) is 0 Å². The van der Waals surface area contributed by atoms with E-state index in [0.29, 0.717) is 34.8 Å². The Bertz CT molecular complexity index is 972. The van der Waals surface area contributed by atoms with Gasteiger partial charge in [-0.3, -0.25) is 9.59 Å². The van der Waals surface area contributed by atoms with Gasteiger partial charge in [0.25, 0.3) is 0 Å². The first-order chi connectivity index (χ1) is 13.8. The average molecular weight is 399 g/mol. The highest BCUT2D eigenvalue weighted by atomic mass is 16.5. The fourth-order valence-corrected chi connectivity index (χ4v) is 4.10. The van der Waals surface area contributed by atoms with Crippen molar-refractivity contribution in [1.82, 2.24) is 5.32 Å². The number of carbonyl (C=O) groups is 2. The third-order valence-corrected chi connectivity index (χ3v) is 5.17. The van der Waals surface area contributed by atoms with Crippen LogP contribution in [0.1, 0.15) is 25.0 Å². The van der Waals surface area contributed by atoms with Crippen LogP contribution in [-0.2, 0) is 20.7 Å². The first kappa shape index (κ1) is 20.5. The Kier molecular flexibility index (Phi) is 5.42. The van der Waals surface area contributed by atoms with Crippen LogP contribution in [0.3, 0.4) is 0 Å². The van der Waals surface area contributed by atoms with Gasteiger partial charge >= 0.3 is 0 Å². The minimum Gasteiger partial charge on any atom is -0.504 e. The first-order valence-corrected chi connectivity index (χ1v) is 9.12. The molecule has 1 N–H and O–H groups in total. The number of rotatable bonds is 5. The SMILES string of the molecule is CO/C=C1\C=C2C(=CC1=O)c1c(cc(OC)c(OC)c1OC)CC2(C)NC(C)=O. The van der Waals surface area contributed by atoms with Crippen molar-refractivity contribution in [1.29, 1.82) is 0 Å². The second kappa shape index (κ2) is 7.66. The van der Waals surface area contributed by atoms with Crippen LogP contribution in [0.2, 0.25) is 0 Å². The zero-order chi connectivity index (χ0) is 21.3. The number of benzene rings is 1. The first-order valence-electron chi connectivity index (χ1n) is 9.12. The third-order valence-electron chi connectivity index (χ3n) is 5.17. The van der Waals surface area contributed by atoms with Crippen LogP contribution < -0.4 is 19.5 Å². The van der Waals surface area contributed by atoms with E-state index < -0.39 is 5.54 Å². The number of ketones is 1. The second-order valence-electron chi connectivity index (χ2n) is 7.16. The molecular weight excluding hydrogens is 374 g/mol. The van der Waals surface area contributed by atoms with E-state index in [9.17, 15) is 9.59 Å². The van der Waals surface area contributed by atoms with Gasteiger partial charge in [-0.15, -0.1) is 0 Å². The number of fused-ring (bicyclic) bond motifs is 3. The van der Waals surface area contributed by atoms with Crippen molar-refractivity contribution in [2.24, 2.45) is 0 Å². The zero-order valence-electron chi connectivity index (χ0n) is 17.5. The van der Waals surface area contributed by atoms with Crippen molar-refractivity contribution in [3.05, 3.63) is 46.8 Å². The summed E-state index contributed by atoms with van der Waals surface area (Å²) in [7, 11) is 6.12. The molecule has 0 spiro atoms. The summed E-state index contributed by atoms with van der Waals surface area (Å²) in [4.78, 5) is 24.7. The molecule has 0 radical (unpaired) electrons. The minimum absolute atomic E-state index is 0.169. The lowest BCUT2D eigenvalue weighted by atomic mass is 9.69. The molecule has 1 amide bonds. The molecule has 1 aromatic carbocycles. The predicted molar refractivity (Wildman–Crippen MR) is 108 cm³/mol.